The third kappa shape index (κ3) is 2.24. The normalized spacial score (nSPS) is 12.4. The maximum Gasteiger partial charge on any atom is 0.115 e. The van der Waals surface area contributed by atoms with Crippen LogP contribution < -0.4 is 0 Å². The molecule has 0 saturated heterocycles. The molecule has 0 bridgehead atoms. The Bertz CT molecular complexity index is 493. The Balaban J connectivity index is 2.42. The molecule has 5 heteroatoms. The van der Waals surface area contributed by atoms with Crippen molar-refractivity contribution in [3.8, 4) is 0 Å². The number of benzene rings is 1. The maximum atomic E-state index is 10.1. The molecule has 1 heterocycles. The summed E-state index contributed by atoms with van der Waals surface area (Å²) < 4.78 is 0.752. The van der Waals surface area contributed by atoms with Gasteiger partial charge in [-0.2, -0.15) is 0 Å². The van der Waals surface area contributed by atoms with Crippen LogP contribution >= 0.6 is 27.5 Å². The van der Waals surface area contributed by atoms with Crippen LogP contribution in [0.1, 0.15) is 17.2 Å². The summed E-state index contributed by atoms with van der Waals surface area (Å²) in [5.41, 5.74) is 1.24. The molecule has 3 nitrogen and oxygen atoms in total. The largest absolute Gasteiger partial charge is 0.383 e. The lowest BCUT2D eigenvalue weighted by Gasteiger charge is -2.12. The minimum absolute atomic E-state index is 0.499. The monoisotopic (exact) mass is 298 g/mol. The first-order valence-corrected chi connectivity index (χ1v) is 5.74. The van der Waals surface area contributed by atoms with E-state index in [1.807, 2.05) is 12.1 Å². The molecule has 82 valence electrons. The van der Waals surface area contributed by atoms with Crippen molar-refractivity contribution in [2.45, 2.75) is 6.10 Å². The van der Waals surface area contributed by atoms with E-state index in [-0.39, 0.29) is 0 Å². The second-order valence-corrected chi connectivity index (χ2v) is 4.45. The minimum Gasteiger partial charge on any atom is -0.383 e. The summed E-state index contributed by atoms with van der Waals surface area (Å²) in [7, 11) is 0. The quantitative estimate of drug-likeness (QED) is 0.927. The number of hydrogen-bond donors (Lipinski definition) is 1. The summed E-state index contributed by atoms with van der Waals surface area (Å²) >= 11 is 9.40. The number of halogens is 2. The standard InChI is InChI=1S/C11H8BrClN2O/c12-9-3-1-2-8(10(9)13)11(16)7-4-14-6-15-5-7/h1-6,11,16H. The van der Waals surface area contributed by atoms with Crippen LogP contribution in [0.2, 0.25) is 5.02 Å². The molecule has 0 aliphatic heterocycles. The van der Waals surface area contributed by atoms with Crippen LogP contribution in [-0.4, -0.2) is 15.1 Å². The van der Waals surface area contributed by atoms with Gasteiger partial charge < -0.3 is 5.11 Å². The average molecular weight is 300 g/mol. The van der Waals surface area contributed by atoms with Gasteiger partial charge in [0.1, 0.15) is 12.4 Å². The summed E-state index contributed by atoms with van der Waals surface area (Å²) in [4.78, 5) is 7.71. The highest BCUT2D eigenvalue weighted by Crippen LogP contribution is 2.32. The van der Waals surface area contributed by atoms with E-state index in [0.717, 1.165) is 4.47 Å². The lowest BCUT2D eigenvalue weighted by atomic mass is 10.0. The first-order chi connectivity index (χ1) is 7.70. The molecular weight excluding hydrogens is 291 g/mol. The summed E-state index contributed by atoms with van der Waals surface area (Å²) in [6.07, 6.45) is 3.73. The Morgan fingerprint density at radius 1 is 1.25 bits per heavy atom. The molecule has 1 atom stereocenters. The zero-order valence-electron chi connectivity index (χ0n) is 8.14. The highest BCUT2D eigenvalue weighted by atomic mass is 79.9. The van der Waals surface area contributed by atoms with Crippen molar-refractivity contribution in [3.05, 3.63) is 57.5 Å². The molecule has 0 saturated carbocycles. The van der Waals surface area contributed by atoms with E-state index in [1.165, 1.54) is 6.33 Å². The van der Waals surface area contributed by atoms with Crippen LogP contribution in [0, 0.1) is 0 Å². The molecule has 2 aromatic rings. The van der Waals surface area contributed by atoms with Crippen LogP contribution in [0.5, 0.6) is 0 Å². The Hall–Kier alpha value is -0.970. The number of nitrogens with zero attached hydrogens (tertiary/aromatic N) is 2. The molecule has 1 aromatic heterocycles. The molecule has 1 aromatic carbocycles. The Morgan fingerprint density at radius 3 is 2.62 bits per heavy atom. The number of rotatable bonds is 2. The van der Waals surface area contributed by atoms with Gasteiger partial charge in [-0.1, -0.05) is 23.7 Å². The second-order valence-electron chi connectivity index (χ2n) is 3.22. The molecule has 2 rings (SSSR count). The minimum atomic E-state index is -0.814. The van der Waals surface area contributed by atoms with E-state index in [9.17, 15) is 5.11 Å². The summed E-state index contributed by atoms with van der Waals surface area (Å²) in [6.45, 7) is 0. The van der Waals surface area contributed by atoms with E-state index in [4.69, 9.17) is 11.6 Å². The van der Waals surface area contributed by atoms with Crippen molar-refractivity contribution in [2.75, 3.05) is 0 Å². The van der Waals surface area contributed by atoms with E-state index in [2.05, 4.69) is 25.9 Å². The van der Waals surface area contributed by atoms with Crippen LogP contribution in [0.4, 0.5) is 0 Å². The molecule has 0 aliphatic carbocycles. The molecule has 1 unspecified atom stereocenters. The SMILES string of the molecule is OC(c1cncnc1)c1cccc(Br)c1Cl. The third-order valence-corrected chi connectivity index (χ3v) is 3.48. The zero-order chi connectivity index (χ0) is 11.5. The van der Waals surface area contributed by atoms with Gasteiger partial charge >= 0.3 is 0 Å². The van der Waals surface area contributed by atoms with Gasteiger partial charge in [-0.15, -0.1) is 0 Å². The molecule has 0 aliphatic rings. The lowest BCUT2D eigenvalue weighted by molar-refractivity contribution is 0.219. The first-order valence-electron chi connectivity index (χ1n) is 4.57. The summed E-state index contributed by atoms with van der Waals surface area (Å²) in [5, 5.41) is 10.6. The van der Waals surface area contributed by atoms with Gasteiger partial charge in [0.05, 0.1) is 5.02 Å². The van der Waals surface area contributed by atoms with Gasteiger partial charge in [-0.3, -0.25) is 0 Å². The van der Waals surface area contributed by atoms with Crippen molar-refractivity contribution in [2.24, 2.45) is 0 Å². The topological polar surface area (TPSA) is 46.0 Å². The molecule has 0 spiro atoms. The van der Waals surface area contributed by atoms with E-state index < -0.39 is 6.10 Å². The fraction of sp³-hybridized carbons (Fsp3) is 0.0909. The molecular formula is C11H8BrClN2O. The van der Waals surface area contributed by atoms with Gasteiger partial charge in [-0.25, -0.2) is 9.97 Å². The summed E-state index contributed by atoms with van der Waals surface area (Å²) in [5.74, 6) is 0. The Morgan fingerprint density at radius 2 is 1.94 bits per heavy atom. The smallest absolute Gasteiger partial charge is 0.115 e. The molecule has 0 fully saturated rings. The zero-order valence-corrected chi connectivity index (χ0v) is 10.5. The predicted octanol–water partition coefficient (Wildman–Crippen LogP) is 2.97. The Kier molecular flexibility index (Phi) is 3.53. The first kappa shape index (κ1) is 11.5. The van der Waals surface area contributed by atoms with Gasteiger partial charge in [0, 0.05) is 28.0 Å². The van der Waals surface area contributed by atoms with Gasteiger partial charge in [0.2, 0.25) is 0 Å². The number of aromatic nitrogens is 2. The highest BCUT2D eigenvalue weighted by Gasteiger charge is 2.15. The van der Waals surface area contributed by atoms with E-state index in [0.29, 0.717) is 16.1 Å². The van der Waals surface area contributed by atoms with Gasteiger partial charge in [0.15, 0.2) is 0 Å². The number of aliphatic hydroxyl groups is 1. The van der Waals surface area contributed by atoms with E-state index >= 15 is 0 Å². The van der Waals surface area contributed by atoms with Crippen molar-refractivity contribution < 1.29 is 5.11 Å². The molecule has 16 heavy (non-hydrogen) atoms. The van der Waals surface area contributed by atoms with Crippen molar-refractivity contribution in [3.63, 3.8) is 0 Å². The predicted molar refractivity (Wildman–Crippen MR) is 65.2 cm³/mol. The van der Waals surface area contributed by atoms with E-state index in [1.54, 1.807) is 18.5 Å². The van der Waals surface area contributed by atoms with Crippen LogP contribution in [0.15, 0.2) is 41.4 Å². The van der Waals surface area contributed by atoms with Gasteiger partial charge in [0.25, 0.3) is 0 Å². The van der Waals surface area contributed by atoms with Crippen molar-refractivity contribution in [1.29, 1.82) is 0 Å². The van der Waals surface area contributed by atoms with Gasteiger partial charge in [-0.05, 0) is 22.0 Å². The van der Waals surface area contributed by atoms with Crippen LogP contribution in [0.25, 0.3) is 0 Å². The second kappa shape index (κ2) is 4.91. The fourth-order valence-electron chi connectivity index (χ4n) is 1.36. The Labute approximate surface area is 106 Å². The maximum absolute atomic E-state index is 10.1. The number of hydrogen-bond acceptors (Lipinski definition) is 3. The van der Waals surface area contributed by atoms with Crippen molar-refractivity contribution in [1.82, 2.24) is 9.97 Å². The summed E-state index contributed by atoms with van der Waals surface area (Å²) in [6, 6.07) is 5.41. The number of aliphatic hydroxyl groups excluding tert-OH is 1. The molecule has 0 amide bonds. The van der Waals surface area contributed by atoms with Crippen LogP contribution in [-0.2, 0) is 0 Å². The lowest BCUT2D eigenvalue weighted by Crippen LogP contribution is -2.01. The average Bonchev–Trinajstić information content (AvgIpc) is 2.33. The van der Waals surface area contributed by atoms with Crippen molar-refractivity contribution >= 4 is 27.5 Å². The highest BCUT2D eigenvalue weighted by molar-refractivity contribution is 9.10. The molecule has 1 N–H and O–H groups in total. The van der Waals surface area contributed by atoms with Crippen LogP contribution in [0.3, 0.4) is 0 Å². The molecule has 0 radical (unpaired) electrons. The fourth-order valence-corrected chi connectivity index (χ4v) is 1.97. The third-order valence-electron chi connectivity index (χ3n) is 2.17.